The summed E-state index contributed by atoms with van der Waals surface area (Å²) in [5.74, 6) is -0.887. The molecule has 1 aliphatic heterocycles. The van der Waals surface area contributed by atoms with Gasteiger partial charge in [-0.1, -0.05) is 30.3 Å². The third kappa shape index (κ3) is 4.16. The first-order valence-corrected chi connectivity index (χ1v) is 9.28. The summed E-state index contributed by atoms with van der Waals surface area (Å²) in [6, 6.07) is 10.4. The van der Waals surface area contributed by atoms with E-state index >= 15 is 0 Å². The zero-order valence-electron chi connectivity index (χ0n) is 14.4. The molecule has 0 radical (unpaired) electrons. The Labute approximate surface area is 174 Å². The smallest absolute Gasteiger partial charge is 0.335 e. The van der Waals surface area contributed by atoms with Crippen molar-refractivity contribution in [3.63, 3.8) is 0 Å². The van der Waals surface area contributed by atoms with Crippen LogP contribution in [0.3, 0.4) is 0 Å². The van der Waals surface area contributed by atoms with Crippen molar-refractivity contribution in [2.75, 3.05) is 11.5 Å². The molecule has 1 aliphatic rings. The lowest BCUT2D eigenvalue weighted by Crippen LogP contribution is -2.54. The number of carbonyl (C=O) groups is 3. The van der Waals surface area contributed by atoms with Gasteiger partial charge in [0.1, 0.15) is 17.9 Å². The summed E-state index contributed by atoms with van der Waals surface area (Å²) in [5.41, 5.74) is 0.725. The number of carbonyl (C=O) groups excluding carboxylic acids is 3. The van der Waals surface area contributed by atoms with Crippen molar-refractivity contribution in [3.8, 4) is 5.75 Å². The van der Waals surface area contributed by atoms with Gasteiger partial charge in [0.2, 0.25) is 0 Å². The molecule has 142 valence electrons. The molecule has 2 aromatic carbocycles. The third-order valence-corrected chi connectivity index (χ3v) is 4.68. The molecular weight excluding hydrogens is 448 g/mol. The molecule has 1 heterocycles. The van der Waals surface area contributed by atoms with Crippen molar-refractivity contribution in [2.45, 2.75) is 0 Å². The first kappa shape index (κ1) is 19.9. The van der Waals surface area contributed by atoms with E-state index in [0.29, 0.717) is 33.1 Å². The van der Waals surface area contributed by atoms with Crippen molar-refractivity contribution in [1.82, 2.24) is 5.32 Å². The van der Waals surface area contributed by atoms with Crippen LogP contribution >= 0.6 is 27.5 Å². The summed E-state index contributed by atoms with van der Waals surface area (Å²) in [6.07, 6.45) is 3.03. The fourth-order valence-corrected chi connectivity index (χ4v) is 3.16. The fourth-order valence-electron chi connectivity index (χ4n) is 2.52. The molecule has 8 heteroatoms. The molecular formula is C20H14BrClN2O4. The van der Waals surface area contributed by atoms with E-state index in [1.54, 1.807) is 36.4 Å². The maximum atomic E-state index is 12.8. The van der Waals surface area contributed by atoms with Crippen LogP contribution in [0.1, 0.15) is 5.56 Å². The van der Waals surface area contributed by atoms with Crippen LogP contribution in [0, 0.1) is 0 Å². The topological polar surface area (TPSA) is 75.7 Å². The van der Waals surface area contributed by atoms with Gasteiger partial charge >= 0.3 is 6.03 Å². The Morgan fingerprint density at radius 2 is 1.86 bits per heavy atom. The minimum Gasteiger partial charge on any atom is -0.488 e. The highest BCUT2D eigenvalue weighted by molar-refractivity contribution is 9.10. The number of nitrogens with one attached hydrogen (secondary N) is 1. The van der Waals surface area contributed by atoms with Crippen LogP contribution in [0.5, 0.6) is 5.75 Å². The first-order valence-electron chi connectivity index (χ1n) is 8.11. The third-order valence-electron chi connectivity index (χ3n) is 3.81. The molecule has 1 N–H and O–H groups in total. The molecule has 1 saturated heterocycles. The maximum absolute atomic E-state index is 12.8. The van der Waals surface area contributed by atoms with Crippen molar-refractivity contribution >= 4 is 57.1 Å². The summed E-state index contributed by atoms with van der Waals surface area (Å²) in [7, 11) is 0. The molecule has 4 amide bonds. The van der Waals surface area contributed by atoms with Gasteiger partial charge in [0.05, 0.1) is 10.2 Å². The molecule has 0 atom stereocenters. The highest BCUT2D eigenvalue weighted by Crippen LogP contribution is 2.28. The highest BCUT2D eigenvalue weighted by Gasteiger charge is 2.36. The zero-order valence-corrected chi connectivity index (χ0v) is 16.8. The van der Waals surface area contributed by atoms with Gasteiger partial charge in [-0.25, -0.2) is 9.69 Å². The standard InChI is InChI=1S/C20H14BrClN2O4/c1-2-9-28-17-8-3-12(11-16(17)21)10-15-18(25)23-20(27)24(19(15)26)14-6-4-13(22)5-7-14/h2-8,10-11H,1,9H2,(H,23,25,27)/b15-10+. The summed E-state index contributed by atoms with van der Waals surface area (Å²) in [4.78, 5) is 38.1. The van der Waals surface area contributed by atoms with E-state index in [1.165, 1.54) is 18.2 Å². The lowest BCUT2D eigenvalue weighted by Gasteiger charge is -2.26. The van der Waals surface area contributed by atoms with Crippen LogP contribution in [0.4, 0.5) is 10.5 Å². The number of imide groups is 2. The summed E-state index contributed by atoms with van der Waals surface area (Å²) >= 11 is 9.24. The second-order valence-corrected chi connectivity index (χ2v) is 7.01. The van der Waals surface area contributed by atoms with Crippen LogP contribution in [0.15, 0.2) is 65.2 Å². The first-order chi connectivity index (χ1) is 13.4. The van der Waals surface area contributed by atoms with Gasteiger partial charge in [0, 0.05) is 5.02 Å². The van der Waals surface area contributed by atoms with Gasteiger partial charge in [-0.2, -0.15) is 0 Å². The molecule has 28 heavy (non-hydrogen) atoms. The number of hydrogen-bond acceptors (Lipinski definition) is 4. The van der Waals surface area contributed by atoms with Crippen molar-refractivity contribution in [2.24, 2.45) is 0 Å². The molecule has 3 rings (SSSR count). The molecule has 0 spiro atoms. The SMILES string of the molecule is C=CCOc1ccc(/C=C2\C(=O)NC(=O)N(c3ccc(Cl)cc3)C2=O)cc1Br. The summed E-state index contributed by atoms with van der Waals surface area (Å²) < 4.78 is 6.13. The van der Waals surface area contributed by atoms with Crippen LogP contribution < -0.4 is 15.0 Å². The number of hydrogen-bond donors (Lipinski definition) is 1. The van der Waals surface area contributed by atoms with Crippen LogP contribution in [0.2, 0.25) is 5.02 Å². The van der Waals surface area contributed by atoms with E-state index in [4.69, 9.17) is 16.3 Å². The number of rotatable bonds is 5. The lowest BCUT2D eigenvalue weighted by atomic mass is 10.1. The number of nitrogens with zero attached hydrogens (tertiary/aromatic N) is 1. The molecule has 0 aromatic heterocycles. The summed E-state index contributed by atoms with van der Waals surface area (Å²) in [5, 5.41) is 2.64. The number of ether oxygens (including phenoxy) is 1. The molecule has 0 aliphatic carbocycles. The van der Waals surface area contributed by atoms with Gasteiger partial charge in [-0.05, 0) is 64.0 Å². The number of benzene rings is 2. The maximum Gasteiger partial charge on any atom is 0.335 e. The Morgan fingerprint density at radius 1 is 1.14 bits per heavy atom. The predicted octanol–water partition coefficient (Wildman–Crippen LogP) is 4.33. The number of halogens is 2. The Hall–Kier alpha value is -2.90. The molecule has 0 unspecified atom stereocenters. The van der Waals surface area contributed by atoms with E-state index < -0.39 is 17.8 Å². The van der Waals surface area contributed by atoms with E-state index in [1.807, 2.05) is 0 Å². The van der Waals surface area contributed by atoms with Crippen LogP contribution in [-0.2, 0) is 9.59 Å². The number of amides is 4. The molecule has 6 nitrogen and oxygen atoms in total. The number of urea groups is 1. The van der Waals surface area contributed by atoms with Gasteiger partial charge < -0.3 is 4.74 Å². The van der Waals surface area contributed by atoms with Gasteiger partial charge in [0.15, 0.2) is 0 Å². The van der Waals surface area contributed by atoms with Crippen molar-refractivity contribution in [1.29, 1.82) is 0 Å². The molecule has 0 saturated carbocycles. The van der Waals surface area contributed by atoms with Gasteiger partial charge in [0.25, 0.3) is 11.8 Å². The minimum absolute atomic E-state index is 0.166. The van der Waals surface area contributed by atoms with Crippen molar-refractivity contribution in [3.05, 3.63) is 75.8 Å². The quantitative estimate of drug-likeness (QED) is 0.408. The Morgan fingerprint density at radius 3 is 2.50 bits per heavy atom. The normalized spacial score (nSPS) is 15.6. The van der Waals surface area contributed by atoms with E-state index in [9.17, 15) is 14.4 Å². The minimum atomic E-state index is -0.816. The molecule has 1 fully saturated rings. The Balaban J connectivity index is 1.93. The zero-order chi connectivity index (χ0) is 20.3. The predicted molar refractivity (Wildman–Crippen MR) is 110 cm³/mol. The Bertz CT molecular complexity index is 1000. The van der Waals surface area contributed by atoms with E-state index in [-0.39, 0.29) is 5.57 Å². The number of barbiturate groups is 1. The summed E-state index contributed by atoms with van der Waals surface area (Å²) in [6.45, 7) is 3.93. The monoisotopic (exact) mass is 460 g/mol. The molecule has 2 aromatic rings. The lowest BCUT2D eigenvalue weighted by molar-refractivity contribution is -0.122. The second-order valence-electron chi connectivity index (χ2n) is 5.72. The molecule has 0 bridgehead atoms. The van der Waals surface area contributed by atoms with E-state index in [2.05, 4.69) is 27.8 Å². The van der Waals surface area contributed by atoms with Crippen molar-refractivity contribution < 1.29 is 19.1 Å². The van der Waals surface area contributed by atoms with Gasteiger partial charge in [-0.3, -0.25) is 14.9 Å². The van der Waals surface area contributed by atoms with Crippen LogP contribution in [-0.4, -0.2) is 24.5 Å². The highest BCUT2D eigenvalue weighted by atomic mass is 79.9. The van der Waals surface area contributed by atoms with Gasteiger partial charge in [-0.15, -0.1) is 0 Å². The average molecular weight is 462 g/mol. The van der Waals surface area contributed by atoms with Crippen LogP contribution in [0.25, 0.3) is 6.08 Å². The number of anilines is 1. The second kappa shape index (κ2) is 8.41. The average Bonchev–Trinajstić information content (AvgIpc) is 2.66. The largest absolute Gasteiger partial charge is 0.488 e. The van der Waals surface area contributed by atoms with E-state index in [0.717, 1.165) is 4.90 Å². The Kier molecular flexibility index (Phi) is 5.96. The fraction of sp³-hybridized carbons (Fsp3) is 0.0500.